The molecule has 0 aromatic rings. The predicted octanol–water partition coefficient (Wildman–Crippen LogP) is 2.85. The maximum absolute atomic E-state index is 10.3. The summed E-state index contributed by atoms with van der Waals surface area (Å²) < 4.78 is 5.38. The van der Waals surface area contributed by atoms with Gasteiger partial charge in [0.05, 0.1) is 6.10 Å². The Balaban J connectivity index is 1.80. The zero-order valence-corrected chi connectivity index (χ0v) is 10.7. The third-order valence-corrected chi connectivity index (χ3v) is 4.36. The van der Waals surface area contributed by atoms with Crippen molar-refractivity contribution in [2.75, 3.05) is 13.2 Å². The van der Waals surface area contributed by atoms with Crippen molar-refractivity contribution in [1.82, 2.24) is 0 Å². The van der Waals surface area contributed by atoms with Crippen LogP contribution in [0.15, 0.2) is 0 Å². The fraction of sp³-hybridized carbons (Fsp3) is 1.00. The first-order chi connectivity index (χ1) is 7.65. The van der Waals surface area contributed by atoms with Crippen LogP contribution < -0.4 is 0 Å². The van der Waals surface area contributed by atoms with Gasteiger partial charge in [0.1, 0.15) is 0 Å². The summed E-state index contributed by atoms with van der Waals surface area (Å²) in [5.41, 5.74) is 0. The zero-order chi connectivity index (χ0) is 11.5. The highest BCUT2D eigenvalue weighted by Gasteiger charge is 2.31. The number of rotatable bonds is 3. The third kappa shape index (κ3) is 3.21. The van der Waals surface area contributed by atoms with Crippen molar-refractivity contribution in [2.45, 2.75) is 52.1 Å². The van der Waals surface area contributed by atoms with Gasteiger partial charge in [-0.25, -0.2) is 0 Å². The van der Waals surface area contributed by atoms with Crippen LogP contribution in [0.2, 0.25) is 0 Å². The number of hydrogen-bond donors (Lipinski definition) is 1. The van der Waals surface area contributed by atoms with Crippen molar-refractivity contribution >= 4 is 0 Å². The van der Waals surface area contributed by atoms with E-state index in [1.807, 2.05) is 0 Å². The molecule has 1 heterocycles. The average Bonchev–Trinajstić information content (AvgIpc) is 2.68. The first-order valence-electron chi connectivity index (χ1n) is 6.91. The summed E-state index contributed by atoms with van der Waals surface area (Å²) in [6.45, 7) is 6.42. The molecule has 1 saturated carbocycles. The lowest BCUT2D eigenvalue weighted by molar-refractivity contribution is 0.0361. The fourth-order valence-corrected chi connectivity index (χ4v) is 3.63. The highest BCUT2D eigenvalue weighted by atomic mass is 16.5. The van der Waals surface area contributed by atoms with Gasteiger partial charge in [0.2, 0.25) is 0 Å². The molecule has 0 aromatic carbocycles. The summed E-state index contributed by atoms with van der Waals surface area (Å²) in [6.07, 6.45) is 5.81. The van der Waals surface area contributed by atoms with Crippen molar-refractivity contribution in [2.24, 2.45) is 23.7 Å². The quantitative estimate of drug-likeness (QED) is 0.802. The molecule has 0 spiro atoms. The van der Waals surface area contributed by atoms with E-state index in [2.05, 4.69) is 13.8 Å². The molecule has 1 N–H and O–H groups in total. The zero-order valence-electron chi connectivity index (χ0n) is 10.7. The number of hydrogen-bond acceptors (Lipinski definition) is 2. The molecule has 4 unspecified atom stereocenters. The van der Waals surface area contributed by atoms with E-state index in [0.29, 0.717) is 11.8 Å². The summed E-state index contributed by atoms with van der Waals surface area (Å²) in [4.78, 5) is 0. The normalized spacial score (nSPS) is 42.2. The van der Waals surface area contributed by atoms with Gasteiger partial charge < -0.3 is 9.84 Å². The van der Waals surface area contributed by atoms with E-state index < -0.39 is 0 Å². The van der Waals surface area contributed by atoms with E-state index in [-0.39, 0.29) is 6.10 Å². The standard InChI is InChI=1S/C14H26O2/c1-10-5-11(2)7-13(6-10)14(15)8-12-3-4-16-9-12/h10-15H,3-9H2,1-2H3. The topological polar surface area (TPSA) is 29.5 Å². The second-order valence-electron chi connectivity index (χ2n) is 6.21. The fourth-order valence-electron chi connectivity index (χ4n) is 3.63. The van der Waals surface area contributed by atoms with Crippen LogP contribution in [-0.4, -0.2) is 24.4 Å². The van der Waals surface area contributed by atoms with Crippen molar-refractivity contribution in [3.8, 4) is 0 Å². The van der Waals surface area contributed by atoms with Crippen LogP contribution in [0, 0.1) is 23.7 Å². The summed E-state index contributed by atoms with van der Waals surface area (Å²) in [5.74, 6) is 2.74. The Bertz CT molecular complexity index is 201. The van der Waals surface area contributed by atoms with E-state index in [4.69, 9.17) is 4.74 Å². The molecule has 4 atom stereocenters. The molecule has 94 valence electrons. The van der Waals surface area contributed by atoms with E-state index in [1.165, 1.54) is 19.3 Å². The van der Waals surface area contributed by atoms with Gasteiger partial charge in [0.15, 0.2) is 0 Å². The molecule has 2 fully saturated rings. The first-order valence-corrected chi connectivity index (χ1v) is 6.91. The molecule has 0 aromatic heterocycles. The Morgan fingerprint density at radius 2 is 1.88 bits per heavy atom. The predicted molar refractivity (Wildman–Crippen MR) is 65.2 cm³/mol. The maximum Gasteiger partial charge on any atom is 0.0572 e. The van der Waals surface area contributed by atoms with Gasteiger partial charge in [-0.1, -0.05) is 13.8 Å². The highest BCUT2D eigenvalue weighted by molar-refractivity contribution is 4.81. The SMILES string of the molecule is CC1CC(C)CC(C(O)CC2CCOC2)C1. The molecule has 0 radical (unpaired) electrons. The second kappa shape index (κ2) is 5.50. The molecule has 1 saturated heterocycles. The van der Waals surface area contributed by atoms with Crippen LogP contribution in [0.3, 0.4) is 0 Å². The molecule has 2 rings (SSSR count). The van der Waals surface area contributed by atoms with E-state index in [1.54, 1.807) is 0 Å². The van der Waals surface area contributed by atoms with Crippen LogP contribution in [0.1, 0.15) is 46.0 Å². The smallest absolute Gasteiger partial charge is 0.0572 e. The minimum atomic E-state index is -0.0862. The summed E-state index contributed by atoms with van der Waals surface area (Å²) in [6, 6.07) is 0. The van der Waals surface area contributed by atoms with E-state index in [9.17, 15) is 5.11 Å². The van der Waals surface area contributed by atoms with Crippen molar-refractivity contribution in [1.29, 1.82) is 0 Å². The second-order valence-corrected chi connectivity index (χ2v) is 6.21. The highest BCUT2D eigenvalue weighted by Crippen LogP contribution is 2.36. The van der Waals surface area contributed by atoms with Gasteiger partial charge in [0.25, 0.3) is 0 Å². The maximum atomic E-state index is 10.3. The molecular formula is C14H26O2. The molecule has 0 bridgehead atoms. The summed E-state index contributed by atoms with van der Waals surface area (Å²) in [7, 11) is 0. The average molecular weight is 226 g/mol. The third-order valence-electron chi connectivity index (χ3n) is 4.36. The Labute approximate surface area is 99.4 Å². The monoisotopic (exact) mass is 226 g/mol. The summed E-state index contributed by atoms with van der Waals surface area (Å²) in [5, 5.41) is 10.3. The molecular weight excluding hydrogens is 200 g/mol. The molecule has 1 aliphatic heterocycles. The molecule has 2 nitrogen and oxygen atoms in total. The lowest BCUT2D eigenvalue weighted by Gasteiger charge is -2.35. The molecule has 1 aliphatic carbocycles. The van der Waals surface area contributed by atoms with Gasteiger partial charge in [-0.3, -0.25) is 0 Å². The molecule has 16 heavy (non-hydrogen) atoms. The lowest BCUT2D eigenvalue weighted by atomic mass is 9.73. The summed E-state index contributed by atoms with van der Waals surface area (Å²) >= 11 is 0. The van der Waals surface area contributed by atoms with E-state index >= 15 is 0 Å². The van der Waals surface area contributed by atoms with Crippen molar-refractivity contribution in [3.63, 3.8) is 0 Å². The van der Waals surface area contributed by atoms with Crippen LogP contribution in [-0.2, 0) is 4.74 Å². The number of ether oxygens (including phenoxy) is 1. The largest absolute Gasteiger partial charge is 0.393 e. The minimum absolute atomic E-state index is 0.0862. The Morgan fingerprint density at radius 1 is 1.19 bits per heavy atom. The van der Waals surface area contributed by atoms with Crippen LogP contribution in [0.5, 0.6) is 0 Å². The molecule has 2 heteroatoms. The van der Waals surface area contributed by atoms with Crippen LogP contribution >= 0.6 is 0 Å². The Kier molecular flexibility index (Phi) is 4.26. The Hall–Kier alpha value is -0.0800. The molecule has 0 amide bonds. The lowest BCUT2D eigenvalue weighted by Crippen LogP contribution is -2.30. The number of aliphatic hydroxyl groups excluding tert-OH is 1. The van der Waals surface area contributed by atoms with Crippen LogP contribution in [0.4, 0.5) is 0 Å². The van der Waals surface area contributed by atoms with Gasteiger partial charge >= 0.3 is 0 Å². The van der Waals surface area contributed by atoms with Gasteiger partial charge in [-0.15, -0.1) is 0 Å². The van der Waals surface area contributed by atoms with Gasteiger partial charge in [-0.05, 0) is 55.8 Å². The Morgan fingerprint density at radius 3 is 2.44 bits per heavy atom. The van der Waals surface area contributed by atoms with E-state index in [0.717, 1.165) is 37.9 Å². The van der Waals surface area contributed by atoms with Gasteiger partial charge in [-0.2, -0.15) is 0 Å². The first kappa shape index (κ1) is 12.4. The van der Waals surface area contributed by atoms with Crippen LogP contribution in [0.25, 0.3) is 0 Å². The number of aliphatic hydroxyl groups is 1. The van der Waals surface area contributed by atoms with Crippen molar-refractivity contribution < 1.29 is 9.84 Å². The van der Waals surface area contributed by atoms with Gasteiger partial charge in [0, 0.05) is 13.2 Å². The molecule has 2 aliphatic rings. The van der Waals surface area contributed by atoms with Crippen molar-refractivity contribution in [3.05, 3.63) is 0 Å². The minimum Gasteiger partial charge on any atom is -0.393 e.